The van der Waals surface area contributed by atoms with E-state index in [2.05, 4.69) is 10.3 Å². The number of rotatable bonds is 3. The van der Waals surface area contributed by atoms with Gasteiger partial charge in [0.15, 0.2) is 5.69 Å². The van der Waals surface area contributed by atoms with E-state index in [0.29, 0.717) is 25.3 Å². The maximum atomic E-state index is 14.4. The zero-order valence-electron chi connectivity index (χ0n) is 21.3. The molecule has 2 aromatic carbocycles. The van der Waals surface area contributed by atoms with E-state index in [9.17, 15) is 14.0 Å². The highest BCUT2D eigenvalue weighted by Crippen LogP contribution is 2.27. The summed E-state index contributed by atoms with van der Waals surface area (Å²) in [5, 5.41) is 8.24. The molecule has 1 aliphatic rings. The van der Waals surface area contributed by atoms with Gasteiger partial charge in [0, 0.05) is 31.2 Å². The lowest BCUT2D eigenvalue weighted by Crippen LogP contribution is -2.37. The zero-order chi connectivity index (χ0) is 25.7. The van der Waals surface area contributed by atoms with Crippen molar-refractivity contribution in [1.82, 2.24) is 19.9 Å². The van der Waals surface area contributed by atoms with Crippen molar-refractivity contribution in [3.05, 3.63) is 71.3 Å². The number of carbonyl (C=O) groups excluding carboxylic acids is 2. The fraction of sp³-hybridized carbons (Fsp3) is 0.429. The number of benzene rings is 2. The molecule has 1 aromatic heterocycles. The molecule has 0 N–H and O–H groups in total. The van der Waals surface area contributed by atoms with Gasteiger partial charge in [-0.25, -0.2) is 9.07 Å². The second kappa shape index (κ2) is 11.5. The summed E-state index contributed by atoms with van der Waals surface area (Å²) < 4.78 is 15.8. The molecule has 0 radical (unpaired) electrons. The quantitative estimate of drug-likeness (QED) is 0.498. The van der Waals surface area contributed by atoms with E-state index in [1.54, 1.807) is 30.0 Å². The average Bonchev–Trinajstić information content (AvgIpc) is 3.24. The third-order valence-electron chi connectivity index (χ3n) is 6.68. The molecule has 0 atom stereocenters. The standard InChI is InChI=1S/C28H34FN5O2/c1-20(2)27(35)33-18-12-6-4-5-11-17-32(19-22-13-7-9-15-24(22)33)28(36)26-21(3)34(31-30-26)25-16-10-8-14-23(25)29/h7-10,13-16,20H,4-6,11-12,17-19H2,1-3H3. The van der Waals surface area contributed by atoms with Crippen LogP contribution in [0.1, 0.15) is 67.7 Å². The molecular weight excluding hydrogens is 457 g/mol. The second-order valence-electron chi connectivity index (χ2n) is 9.65. The van der Waals surface area contributed by atoms with Crippen molar-refractivity contribution in [2.24, 2.45) is 5.92 Å². The fourth-order valence-electron chi connectivity index (χ4n) is 4.66. The first-order valence-electron chi connectivity index (χ1n) is 12.7. The number of aromatic nitrogens is 3. The topological polar surface area (TPSA) is 71.3 Å². The predicted molar refractivity (Wildman–Crippen MR) is 138 cm³/mol. The van der Waals surface area contributed by atoms with Crippen LogP contribution >= 0.6 is 0 Å². The highest BCUT2D eigenvalue weighted by atomic mass is 19.1. The predicted octanol–water partition coefficient (Wildman–Crippen LogP) is 5.31. The number of halogens is 1. The Hall–Kier alpha value is -3.55. The molecule has 190 valence electrons. The molecular formula is C28H34FN5O2. The summed E-state index contributed by atoms with van der Waals surface area (Å²) in [5.74, 6) is -0.718. The number of anilines is 1. The third-order valence-corrected chi connectivity index (χ3v) is 6.68. The van der Waals surface area contributed by atoms with Gasteiger partial charge in [-0.2, -0.15) is 0 Å². The van der Waals surface area contributed by atoms with Crippen molar-refractivity contribution in [3.8, 4) is 5.69 Å². The van der Waals surface area contributed by atoms with Crippen LogP contribution in [0.2, 0.25) is 0 Å². The van der Waals surface area contributed by atoms with Crippen molar-refractivity contribution in [2.75, 3.05) is 18.0 Å². The van der Waals surface area contributed by atoms with E-state index in [1.165, 1.54) is 10.7 Å². The van der Waals surface area contributed by atoms with Gasteiger partial charge in [-0.15, -0.1) is 5.10 Å². The van der Waals surface area contributed by atoms with E-state index in [4.69, 9.17) is 0 Å². The van der Waals surface area contributed by atoms with Gasteiger partial charge in [0.05, 0.1) is 5.69 Å². The van der Waals surface area contributed by atoms with Crippen LogP contribution in [0.5, 0.6) is 0 Å². The zero-order valence-corrected chi connectivity index (χ0v) is 21.3. The Morgan fingerprint density at radius 1 is 0.889 bits per heavy atom. The third kappa shape index (κ3) is 5.48. The maximum Gasteiger partial charge on any atom is 0.276 e. The van der Waals surface area contributed by atoms with Crippen LogP contribution in [0.25, 0.3) is 5.69 Å². The van der Waals surface area contributed by atoms with Gasteiger partial charge in [-0.1, -0.05) is 68.7 Å². The summed E-state index contributed by atoms with van der Waals surface area (Å²) in [5.41, 5.74) is 2.71. The molecule has 0 saturated carbocycles. The summed E-state index contributed by atoms with van der Waals surface area (Å²) in [6.07, 6.45) is 4.92. The van der Waals surface area contributed by atoms with Gasteiger partial charge in [-0.3, -0.25) is 9.59 Å². The fourth-order valence-corrected chi connectivity index (χ4v) is 4.66. The first kappa shape index (κ1) is 25.5. The molecule has 0 unspecified atom stereocenters. The molecule has 0 saturated heterocycles. The molecule has 0 bridgehead atoms. The first-order chi connectivity index (χ1) is 17.4. The van der Waals surface area contributed by atoms with Crippen molar-refractivity contribution < 1.29 is 14.0 Å². The van der Waals surface area contributed by atoms with E-state index in [1.807, 2.05) is 43.0 Å². The molecule has 36 heavy (non-hydrogen) atoms. The Labute approximate surface area is 211 Å². The second-order valence-corrected chi connectivity index (χ2v) is 9.65. The number of hydrogen-bond donors (Lipinski definition) is 0. The van der Waals surface area contributed by atoms with Crippen LogP contribution in [0.4, 0.5) is 10.1 Å². The highest BCUT2D eigenvalue weighted by molar-refractivity contribution is 5.96. The lowest BCUT2D eigenvalue weighted by molar-refractivity contribution is -0.121. The van der Waals surface area contributed by atoms with Crippen LogP contribution in [0.15, 0.2) is 48.5 Å². The number of nitrogens with zero attached hydrogens (tertiary/aromatic N) is 5. The van der Waals surface area contributed by atoms with E-state index in [-0.39, 0.29) is 29.1 Å². The van der Waals surface area contributed by atoms with Gasteiger partial charge in [0.1, 0.15) is 11.5 Å². The molecule has 8 heteroatoms. The smallest absolute Gasteiger partial charge is 0.276 e. The van der Waals surface area contributed by atoms with Gasteiger partial charge >= 0.3 is 0 Å². The van der Waals surface area contributed by atoms with Crippen LogP contribution in [-0.4, -0.2) is 44.8 Å². The molecule has 0 aliphatic carbocycles. The van der Waals surface area contributed by atoms with Crippen molar-refractivity contribution in [2.45, 2.75) is 59.4 Å². The number of amides is 2. The minimum atomic E-state index is -0.431. The molecule has 7 nitrogen and oxygen atoms in total. The van der Waals surface area contributed by atoms with Crippen molar-refractivity contribution in [1.29, 1.82) is 0 Å². The Kier molecular flexibility index (Phi) is 8.13. The molecule has 0 fully saturated rings. The lowest BCUT2D eigenvalue weighted by Gasteiger charge is -2.30. The summed E-state index contributed by atoms with van der Waals surface area (Å²) in [6, 6.07) is 14.1. The number of para-hydroxylation sites is 2. The SMILES string of the molecule is Cc1c(C(=O)N2CCCCCCCN(C(=O)C(C)C)c3ccccc3C2)nnn1-c1ccccc1F. The van der Waals surface area contributed by atoms with Gasteiger partial charge in [0.2, 0.25) is 5.91 Å². The highest BCUT2D eigenvalue weighted by Gasteiger charge is 2.27. The Morgan fingerprint density at radius 2 is 1.53 bits per heavy atom. The summed E-state index contributed by atoms with van der Waals surface area (Å²) in [7, 11) is 0. The molecule has 2 heterocycles. The Bertz CT molecular complexity index is 1220. The maximum absolute atomic E-state index is 14.4. The average molecular weight is 492 g/mol. The summed E-state index contributed by atoms with van der Waals surface area (Å²) >= 11 is 0. The largest absolute Gasteiger partial charge is 0.333 e. The Balaban J connectivity index is 1.68. The normalized spacial score (nSPS) is 15.2. The molecule has 2 amide bonds. The van der Waals surface area contributed by atoms with Crippen molar-refractivity contribution >= 4 is 17.5 Å². The van der Waals surface area contributed by atoms with Gasteiger partial charge in [-0.05, 0) is 43.5 Å². The van der Waals surface area contributed by atoms with E-state index in [0.717, 1.165) is 43.4 Å². The van der Waals surface area contributed by atoms with Crippen LogP contribution in [0.3, 0.4) is 0 Å². The number of hydrogen-bond acceptors (Lipinski definition) is 4. The first-order valence-corrected chi connectivity index (χ1v) is 12.7. The molecule has 4 rings (SSSR count). The molecule has 1 aliphatic heterocycles. The Morgan fingerprint density at radius 3 is 2.25 bits per heavy atom. The van der Waals surface area contributed by atoms with E-state index >= 15 is 0 Å². The molecule has 3 aromatic rings. The summed E-state index contributed by atoms with van der Waals surface area (Å²) in [4.78, 5) is 30.5. The minimum absolute atomic E-state index is 0.0843. The lowest BCUT2D eigenvalue weighted by atomic mass is 10.0. The molecule has 0 spiro atoms. The van der Waals surface area contributed by atoms with Gasteiger partial charge in [0.25, 0.3) is 5.91 Å². The monoisotopic (exact) mass is 491 g/mol. The van der Waals surface area contributed by atoms with Crippen LogP contribution in [-0.2, 0) is 11.3 Å². The van der Waals surface area contributed by atoms with Crippen LogP contribution < -0.4 is 4.90 Å². The van der Waals surface area contributed by atoms with Crippen LogP contribution in [0, 0.1) is 18.7 Å². The van der Waals surface area contributed by atoms with Gasteiger partial charge < -0.3 is 9.80 Å². The summed E-state index contributed by atoms with van der Waals surface area (Å²) in [6.45, 7) is 7.14. The number of fused-ring (bicyclic) bond motifs is 1. The minimum Gasteiger partial charge on any atom is -0.333 e. The number of carbonyl (C=O) groups is 2. The van der Waals surface area contributed by atoms with Crippen molar-refractivity contribution in [3.63, 3.8) is 0 Å². The van der Waals surface area contributed by atoms with E-state index < -0.39 is 5.82 Å².